The Bertz CT molecular complexity index is 1540. The first-order valence-electron chi connectivity index (χ1n) is 15.5. The Morgan fingerprint density at radius 2 is 1.74 bits per heavy atom. The summed E-state index contributed by atoms with van der Waals surface area (Å²) in [5.41, 5.74) is 7.79. The van der Waals surface area contributed by atoms with E-state index in [1.807, 2.05) is 25.1 Å². The van der Waals surface area contributed by atoms with Gasteiger partial charge in [0.15, 0.2) is 23.1 Å². The number of nitrogens with one attached hydrogen (secondary N) is 3. The van der Waals surface area contributed by atoms with Crippen LogP contribution in [0.3, 0.4) is 0 Å². The first-order chi connectivity index (χ1) is 22.5. The molecule has 252 valence electrons. The second-order valence-corrected chi connectivity index (χ2v) is 11.6. The number of allylic oxidation sites excluding steroid dienone is 1. The summed E-state index contributed by atoms with van der Waals surface area (Å²) in [6.45, 7) is 6.85. The van der Waals surface area contributed by atoms with Gasteiger partial charge in [-0.05, 0) is 58.6 Å². The van der Waals surface area contributed by atoms with Gasteiger partial charge in [0.05, 0.1) is 38.6 Å². The lowest BCUT2D eigenvalue weighted by atomic mass is 10.0. The quantitative estimate of drug-likeness (QED) is 0.197. The number of hydrogen-bond donors (Lipinski definition) is 4. The molecule has 13 nitrogen and oxygen atoms in total. The fraction of sp³-hybridized carbons (Fsp3) is 0.412. The molecule has 2 aromatic rings. The topological polar surface area (TPSA) is 165 Å². The maximum atomic E-state index is 13.0. The van der Waals surface area contributed by atoms with Crippen molar-refractivity contribution in [3.8, 4) is 17.2 Å². The van der Waals surface area contributed by atoms with Crippen LogP contribution in [0.25, 0.3) is 0 Å². The number of ether oxygens (including phenoxy) is 3. The molecule has 0 fully saturated rings. The van der Waals surface area contributed by atoms with Gasteiger partial charge in [-0.1, -0.05) is 25.1 Å². The van der Waals surface area contributed by atoms with Gasteiger partial charge in [0, 0.05) is 40.6 Å². The number of hydrogen-bond acceptors (Lipinski definition) is 11. The number of nitrogens with two attached hydrogens (primary N) is 1. The normalized spacial score (nSPS) is 17.0. The van der Waals surface area contributed by atoms with E-state index in [2.05, 4.69) is 22.9 Å². The number of Topliss-reactive ketones (excluding diaryl/α,β-unsaturated/α-hetero) is 2. The minimum absolute atomic E-state index is 0.000972. The number of rotatable bonds is 12. The Hall–Kier alpha value is -4.72. The third-order valence-electron chi connectivity index (χ3n) is 8.11. The smallest absolute Gasteiger partial charge is 0.249 e. The van der Waals surface area contributed by atoms with E-state index in [4.69, 9.17) is 19.9 Å². The zero-order valence-electron chi connectivity index (χ0n) is 27.5. The van der Waals surface area contributed by atoms with Crippen LogP contribution in [0.4, 0.5) is 0 Å². The average Bonchev–Trinajstić information content (AvgIpc) is 3.72. The summed E-state index contributed by atoms with van der Waals surface area (Å²) >= 11 is 0. The van der Waals surface area contributed by atoms with Crippen LogP contribution >= 0.6 is 0 Å². The molecule has 0 radical (unpaired) electrons. The molecular weight excluding hydrogens is 604 g/mol. The Kier molecular flexibility index (Phi) is 12.1. The van der Waals surface area contributed by atoms with Gasteiger partial charge in [0.2, 0.25) is 18.6 Å². The fourth-order valence-electron chi connectivity index (χ4n) is 4.97. The van der Waals surface area contributed by atoms with Crippen molar-refractivity contribution in [2.75, 3.05) is 47.3 Å². The standard InChI is InChI=1S/C29H31N3O6.C5H13N3O/c1-18-15-36-26-11-20(6-8-23(18)26)24(33)14-32-10-4-5-22(13-32)29(35)30-16-31(3)19(2)28(34)21-7-9-25-27(12-21)38-17-37-25;1-4(7-2)8-5(9)3-6/h4,6-13,18-19H,5,14-17H2,1-3H3,(H,30,35);4,7H,3,6H2,1-2H3,(H,8,9). The second-order valence-electron chi connectivity index (χ2n) is 11.6. The highest BCUT2D eigenvalue weighted by molar-refractivity contribution is 6.00. The Labute approximate surface area is 275 Å². The third kappa shape index (κ3) is 9.18. The summed E-state index contributed by atoms with van der Waals surface area (Å²) in [5.74, 6) is 1.73. The number of benzene rings is 2. The molecule has 5 rings (SSSR count). The lowest BCUT2D eigenvalue weighted by Crippen LogP contribution is -2.44. The first-order valence-corrected chi connectivity index (χ1v) is 15.5. The molecule has 3 heterocycles. The molecule has 5 N–H and O–H groups in total. The molecular formula is C34H44N6O7. The Morgan fingerprint density at radius 3 is 2.49 bits per heavy atom. The van der Waals surface area contributed by atoms with E-state index in [1.54, 1.807) is 67.5 Å². The number of carbonyl (C=O) groups excluding carboxylic acids is 4. The van der Waals surface area contributed by atoms with Crippen molar-refractivity contribution in [2.45, 2.75) is 45.3 Å². The lowest BCUT2D eigenvalue weighted by molar-refractivity contribution is -0.120. The number of likely N-dealkylation sites (N-methyl/N-ethyl adjacent to an activating group) is 1. The zero-order valence-corrected chi connectivity index (χ0v) is 27.5. The summed E-state index contributed by atoms with van der Waals surface area (Å²) in [4.78, 5) is 52.7. The number of ketones is 2. The van der Waals surface area contributed by atoms with Gasteiger partial charge >= 0.3 is 0 Å². The highest BCUT2D eigenvalue weighted by Gasteiger charge is 2.25. The third-order valence-corrected chi connectivity index (χ3v) is 8.11. The van der Waals surface area contributed by atoms with Crippen LogP contribution in [0, 0.1) is 0 Å². The minimum atomic E-state index is -0.468. The molecule has 2 aromatic carbocycles. The first kappa shape index (κ1) is 35.1. The van der Waals surface area contributed by atoms with Gasteiger partial charge < -0.3 is 40.8 Å². The predicted octanol–water partition coefficient (Wildman–Crippen LogP) is 2.10. The molecule has 3 atom stereocenters. The highest BCUT2D eigenvalue weighted by atomic mass is 16.7. The van der Waals surface area contributed by atoms with Crippen molar-refractivity contribution in [1.82, 2.24) is 25.8 Å². The van der Waals surface area contributed by atoms with Crippen molar-refractivity contribution >= 4 is 23.4 Å². The maximum Gasteiger partial charge on any atom is 0.249 e. The minimum Gasteiger partial charge on any atom is -0.493 e. The molecule has 0 spiro atoms. The summed E-state index contributed by atoms with van der Waals surface area (Å²) < 4.78 is 16.4. The zero-order chi connectivity index (χ0) is 34.1. The van der Waals surface area contributed by atoms with Crippen molar-refractivity contribution in [3.05, 3.63) is 77.1 Å². The van der Waals surface area contributed by atoms with Crippen molar-refractivity contribution in [1.29, 1.82) is 0 Å². The Morgan fingerprint density at radius 1 is 1.02 bits per heavy atom. The van der Waals surface area contributed by atoms with E-state index in [0.717, 1.165) is 11.3 Å². The molecule has 0 bridgehead atoms. The van der Waals surface area contributed by atoms with Gasteiger partial charge in [-0.3, -0.25) is 24.1 Å². The molecule has 3 aliphatic heterocycles. The Balaban J connectivity index is 0.000000488. The van der Waals surface area contributed by atoms with Crippen molar-refractivity contribution < 1.29 is 33.4 Å². The monoisotopic (exact) mass is 648 g/mol. The molecule has 13 heteroatoms. The van der Waals surface area contributed by atoms with Crippen LogP contribution in [-0.2, 0) is 9.59 Å². The van der Waals surface area contributed by atoms with Crippen LogP contribution in [0.2, 0.25) is 0 Å². The van der Waals surface area contributed by atoms with E-state index in [1.165, 1.54) is 0 Å². The maximum absolute atomic E-state index is 13.0. The van der Waals surface area contributed by atoms with Crippen LogP contribution < -0.4 is 35.9 Å². The lowest BCUT2D eigenvalue weighted by Gasteiger charge is -2.25. The van der Waals surface area contributed by atoms with E-state index >= 15 is 0 Å². The number of fused-ring (bicyclic) bond motifs is 2. The van der Waals surface area contributed by atoms with Crippen LogP contribution in [0.5, 0.6) is 17.2 Å². The summed E-state index contributed by atoms with van der Waals surface area (Å²) in [7, 11) is 3.54. The molecule has 2 amide bonds. The van der Waals surface area contributed by atoms with Gasteiger partial charge in [-0.2, -0.15) is 0 Å². The van der Waals surface area contributed by atoms with Crippen LogP contribution in [0.1, 0.15) is 59.4 Å². The second kappa shape index (κ2) is 16.2. The van der Waals surface area contributed by atoms with Gasteiger partial charge in [0.25, 0.3) is 0 Å². The average molecular weight is 649 g/mol. The molecule has 0 aromatic heterocycles. The van der Waals surface area contributed by atoms with Gasteiger partial charge in [-0.25, -0.2) is 0 Å². The van der Waals surface area contributed by atoms with E-state index in [-0.39, 0.29) is 56.1 Å². The largest absolute Gasteiger partial charge is 0.493 e. The molecule has 0 aliphatic carbocycles. The molecule has 3 aliphatic rings. The van der Waals surface area contributed by atoms with Crippen LogP contribution in [-0.4, -0.2) is 92.6 Å². The van der Waals surface area contributed by atoms with Crippen LogP contribution in [0.15, 0.2) is 60.4 Å². The van der Waals surface area contributed by atoms with Crippen molar-refractivity contribution in [2.24, 2.45) is 5.73 Å². The predicted molar refractivity (Wildman–Crippen MR) is 176 cm³/mol. The molecule has 0 saturated heterocycles. The van der Waals surface area contributed by atoms with Crippen molar-refractivity contribution in [3.63, 3.8) is 0 Å². The number of amides is 2. The number of carbonyl (C=O) groups is 4. The number of nitrogens with zero attached hydrogens (tertiary/aromatic N) is 2. The molecule has 47 heavy (non-hydrogen) atoms. The molecule has 0 saturated carbocycles. The SMILES string of the molecule is CC1COc2cc(C(=O)CN3C=CCC(C(=O)NCN(C)C(C)C(=O)c4ccc5c(c4)OCO5)=C3)ccc21.CNC(C)NC(=O)CN. The summed E-state index contributed by atoms with van der Waals surface area (Å²) in [5, 5.41) is 8.33. The van der Waals surface area contributed by atoms with E-state index < -0.39 is 6.04 Å². The molecule has 3 unspecified atom stereocenters. The van der Waals surface area contributed by atoms with E-state index in [0.29, 0.717) is 47.1 Å². The van der Waals surface area contributed by atoms with Gasteiger partial charge in [-0.15, -0.1) is 0 Å². The summed E-state index contributed by atoms with van der Waals surface area (Å²) in [6, 6.07) is 10.2. The van der Waals surface area contributed by atoms with Gasteiger partial charge in [0.1, 0.15) is 5.75 Å². The van der Waals surface area contributed by atoms with E-state index in [9.17, 15) is 19.2 Å². The fourth-order valence-corrected chi connectivity index (χ4v) is 4.97. The highest BCUT2D eigenvalue weighted by Crippen LogP contribution is 2.34. The summed E-state index contributed by atoms with van der Waals surface area (Å²) in [6.07, 6.45) is 5.81.